The molecule has 1 aromatic heterocycles. The topological polar surface area (TPSA) is 72.0 Å². The first-order chi connectivity index (χ1) is 15.8. The summed E-state index contributed by atoms with van der Waals surface area (Å²) in [6, 6.07) is 10.1. The Morgan fingerprint density at radius 3 is 2.45 bits per heavy atom. The lowest BCUT2D eigenvalue weighted by molar-refractivity contribution is 0.384. The van der Waals surface area contributed by atoms with Gasteiger partial charge in [-0.25, -0.2) is 13.4 Å². The Morgan fingerprint density at radius 1 is 1.03 bits per heavy atom. The predicted molar refractivity (Wildman–Crippen MR) is 132 cm³/mol. The van der Waals surface area contributed by atoms with Crippen LogP contribution in [-0.2, 0) is 16.4 Å². The van der Waals surface area contributed by atoms with Gasteiger partial charge < -0.3 is 14.4 Å². The van der Waals surface area contributed by atoms with Crippen LogP contribution in [0, 0.1) is 0 Å². The molecular weight excluding hydrogens is 505 g/mol. The van der Waals surface area contributed by atoms with Crippen molar-refractivity contribution >= 4 is 49.7 Å². The van der Waals surface area contributed by atoms with E-state index >= 15 is 0 Å². The number of halogens is 2. The normalized spacial score (nSPS) is 15.0. The number of aromatic nitrogens is 1. The molecule has 2 heterocycles. The minimum Gasteiger partial charge on any atom is -0.497 e. The molecule has 11 heteroatoms. The summed E-state index contributed by atoms with van der Waals surface area (Å²) < 4.78 is 38.3. The van der Waals surface area contributed by atoms with Crippen molar-refractivity contribution in [3.63, 3.8) is 0 Å². The second-order valence-electron chi connectivity index (χ2n) is 7.44. The van der Waals surface area contributed by atoms with Gasteiger partial charge in [0.1, 0.15) is 16.4 Å². The number of sulfonamides is 1. The number of nitrogens with zero attached hydrogens (tertiary/aromatic N) is 3. The second kappa shape index (κ2) is 10.1. The van der Waals surface area contributed by atoms with E-state index in [4.69, 9.17) is 37.7 Å². The molecule has 0 radical (unpaired) electrons. The lowest BCUT2D eigenvalue weighted by atomic mass is 10.1. The zero-order chi connectivity index (χ0) is 23.6. The highest BCUT2D eigenvalue weighted by molar-refractivity contribution is 7.89. The number of benzene rings is 2. The van der Waals surface area contributed by atoms with E-state index in [1.807, 2.05) is 23.6 Å². The molecule has 0 aliphatic carbocycles. The molecule has 33 heavy (non-hydrogen) atoms. The molecule has 0 spiro atoms. The summed E-state index contributed by atoms with van der Waals surface area (Å²) in [4.78, 5) is 6.95. The Hall–Kier alpha value is -2.04. The Bertz CT molecular complexity index is 1240. The zero-order valence-electron chi connectivity index (χ0n) is 18.1. The summed E-state index contributed by atoms with van der Waals surface area (Å²) in [5, 5.41) is 3.41. The number of methoxy groups -OCH3 is 2. The fourth-order valence-corrected chi connectivity index (χ4v) is 6.73. The van der Waals surface area contributed by atoms with Crippen LogP contribution in [0.1, 0.15) is 11.3 Å². The van der Waals surface area contributed by atoms with E-state index in [9.17, 15) is 8.42 Å². The molecule has 2 aromatic carbocycles. The molecule has 0 amide bonds. The number of hydrogen-bond donors (Lipinski definition) is 0. The monoisotopic (exact) mass is 527 g/mol. The molecular formula is C22H23Cl2N3O4S2. The molecule has 176 valence electrons. The van der Waals surface area contributed by atoms with Crippen molar-refractivity contribution in [1.29, 1.82) is 0 Å². The third-order valence-electron chi connectivity index (χ3n) is 5.42. The van der Waals surface area contributed by atoms with Crippen molar-refractivity contribution in [2.45, 2.75) is 11.3 Å². The van der Waals surface area contributed by atoms with Gasteiger partial charge in [-0.3, -0.25) is 0 Å². The molecule has 0 saturated carbocycles. The molecule has 1 saturated heterocycles. The standard InChI is InChI=1S/C22H23Cl2N3O4S2/c1-30-18-4-5-20(31-2)15(12-18)11-17-14-32-22(25-17)26-7-9-27(10-8-26)33(28,29)21-6-3-16(23)13-19(21)24/h3-6,12-14H,7-11H2,1-2H3. The molecule has 0 atom stereocenters. The van der Waals surface area contributed by atoms with Crippen LogP contribution in [0.4, 0.5) is 5.13 Å². The van der Waals surface area contributed by atoms with Gasteiger partial charge in [-0.05, 0) is 36.4 Å². The summed E-state index contributed by atoms with van der Waals surface area (Å²) in [7, 11) is -0.418. The molecule has 0 N–H and O–H groups in total. The van der Waals surface area contributed by atoms with Crippen LogP contribution in [0.15, 0.2) is 46.7 Å². The van der Waals surface area contributed by atoms with E-state index in [1.54, 1.807) is 25.6 Å². The summed E-state index contributed by atoms with van der Waals surface area (Å²) in [5.74, 6) is 1.55. The third-order valence-corrected chi connectivity index (χ3v) is 8.99. The Balaban J connectivity index is 1.43. The van der Waals surface area contributed by atoms with Crippen LogP contribution in [0.3, 0.4) is 0 Å². The van der Waals surface area contributed by atoms with Gasteiger partial charge in [0.25, 0.3) is 0 Å². The quantitative estimate of drug-likeness (QED) is 0.448. The maximum Gasteiger partial charge on any atom is 0.244 e. The smallest absolute Gasteiger partial charge is 0.244 e. The van der Waals surface area contributed by atoms with Crippen molar-refractivity contribution in [1.82, 2.24) is 9.29 Å². The molecule has 3 aromatic rings. The molecule has 0 bridgehead atoms. The lowest BCUT2D eigenvalue weighted by Gasteiger charge is -2.33. The first kappa shape index (κ1) is 24.1. The molecule has 1 fully saturated rings. The van der Waals surface area contributed by atoms with Crippen molar-refractivity contribution in [3.8, 4) is 11.5 Å². The molecule has 1 aliphatic heterocycles. The van der Waals surface area contributed by atoms with Gasteiger partial charge in [0.15, 0.2) is 5.13 Å². The lowest BCUT2D eigenvalue weighted by Crippen LogP contribution is -2.48. The zero-order valence-corrected chi connectivity index (χ0v) is 21.3. The van der Waals surface area contributed by atoms with Gasteiger partial charge >= 0.3 is 0 Å². The summed E-state index contributed by atoms with van der Waals surface area (Å²) in [5.41, 5.74) is 1.91. The van der Waals surface area contributed by atoms with Crippen molar-refractivity contribution in [3.05, 3.63) is 63.1 Å². The number of piperazine rings is 1. The highest BCUT2D eigenvalue weighted by Crippen LogP contribution is 2.31. The van der Waals surface area contributed by atoms with E-state index in [0.717, 1.165) is 27.9 Å². The molecule has 4 rings (SSSR count). The molecule has 1 aliphatic rings. The SMILES string of the molecule is COc1ccc(OC)c(Cc2csc(N3CCN(S(=O)(=O)c4ccc(Cl)cc4Cl)CC3)n2)c1. The number of anilines is 1. The van der Waals surface area contributed by atoms with Crippen molar-refractivity contribution < 1.29 is 17.9 Å². The Labute approximate surface area is 207 Å². The average molecular weight is 528 g/mol. The van der Waals surface area contributed by atoms with Gasteiger partial charge in [0, 0.05) is 48.6 Å². The number of rotatable bonds is 7. The highest BCUT2D eigenvalue weighted by atomic mass is 35.5. The van der Waals surface area contributed by atoms with Crippen molar-refractivity contribution in [2.75, 3.05) is 45.3 Å². The fourth-order valence-electron chi connectivity index (χ4n) is 3.68. The van der Waals surface area contributed by atoms with Gasteiger partial charge in [-0.15, -0.1) is 11.3 Å². The van der Waals surface area contributed by atoms with Crippen LogP contribution in [0.5, 0.6) is 11.5 Å². The van der Waals surface area contributed by atoms with Gasteiger partial charge in [-0.2, -0.15) is 4.31 Å². The fraction of sp³-hybridized carbons (Fsp3) is 0.318. The molecule has 0 unspecified atom stereocenters. The number of hydrogen-bond acceptors (Lipinski definition) is 7. The minimum absolute atomic E-state index is 0.0748. The largest absolute Gasteiger partial charge is 0.497 e. The summed E-state index contributed by atoms with van der Waals surface area (Å²) >= 11 is 13.6. The van der Waals surface area contributed by atoms with E-state index in [1.165, 1.54) is 22.5 Å². The van der Waals surface area contributed by atoms with Crippen molar-refractivity contribution in [2.24, 2.45) is 0 Å². The first-order valence-corrected chi connectivity index (χ1v) is 13.2. The van der Waals surface area contributed by atoms with Gasteiger partial charge in [0.05, 0.1) is 24.9 Å². The van der Waals surface area contributed by atoms with Crippen LogP contribution in [0.25, 0.3) is 0 Å². The van der Waals surface area contributed by atoms with Crippen LogP contribution in [-0.4, -0.2) is 58.1 Å². The second-order valence-corrected chi connectivity index (χ2v) is 11.0. The van der Waals surface area contributed by atoms with Gasteiger partial charge in [-0.1, -0.05) is 23.2 Å². The first-order valence-electron chi connectivity index (χ1n) is 10.2. The highest BCUT2D eigenvalue weighted by Gasteiger charge is 2.31. The van der Waals surface area contributed by atoms with E-state index < -0.39 is 10.0 Å². The van der Waals surface area contributed by atoms with Crippen LogP contribution >= 0.6 is 34.5 Å². The number of ether oxygens (including phenoxy) is 2. The maximum absolute atomic E-state index is 13.0. The molecule has 7 nitrogen and oxygen atoms in total. The Morgan fingerprint density at radius 2 is 1.79 bits per heavy atom. The van der Waals surface area contributed by atoms with E-state index in [2.05, 4.69) is 4.90 Å². The van der Waals surface area contributed by atoms with Crippen LogP contribution in [0.2, 0.25) is 10.0 Å². The average Bonchev–Trinajstić information content (AvgIpc) is 3.27. The number of thiazole rings is 1. The minimum atomic E-state index is -3.69. The maximum atomic E-state index is 13.0. The van der Waals surface area contributed by atoms with E-state index in [0.29, 0.717) is 37.6 Å². The summed E-state index contributed by atoms with van der Waals surface area (Å²) in [6.07, 6.45) is 0.611. The third kappa shape index (κ3) is 5.22. The summed E-state index contributed by atoms with van der Waals surface area (Å²) in [6.45, 7) is 1.78. The predicted octanol–water partition coefficient (Wildman–Crippen LogP) is 4.57. The van der Waals surface area contributed by atoms with E-state index in [-0.39, 0.29) is 9.92 Å². The van der Waals surface area contributed by atoms with Gasteiger partial charge in [0.2, 0.25) is 10.0 Å². The van der Waals surface area contributed by atoms with Crippen LogP contribution < -0.4 is 14.4 Å². The Kier molecular flexibility index (Phi) is 7.35.